The minimum atomic E-state index is -0.648. The number of ether oxygens (including phenoxy) is 2. The molecule has 0 spiro atoms. The fourth-order valence-electron chi connectivity index (χ4n) is 5.20. The summed E-state index contributed by atoms with van der Waals surface area (Å²) in [7, 11) is 1.61. The van der Waals surface area contributed by atoms with Crippen LogP contribution in [0, 0.1) is 12.3 Å². The largest absolute Gasteiger partial charge is 0.497 e. The molecule has 8 nitrogen and oxygen atoms in total. The van der Waals surface area contributed by atoms with Crippen molar-refractivity contribution >= 4 is 17.5 Å². The summed E-state index contributed by atoms with van der Waals surface area (Å²) in [5.74, 6) is 1.99. The molecule has 5 rings (SSSR count). The molecule has 1 aliphatic carbocycles. The van der Waals surface area contributed by atoms with Gasteiger partial charge in [-0.25, -0.2) is 4.98 Å². The number of carbonyl (C=O) groups excluding carboxylic acids is 2. The van der Waals surface area contributed by atoms with Crippen molar-refractivity contribution in [2.45, 2.75) is 53.1 Å². The number of rotatable bonds is 7. The van der Waals surface area contributed by atoms with Crippen molar-refractivity contribution in [1.82, 2.24) is 10.3 Å². The maximum absolute atomic E-state index is 13.7. The maximum Gasteiger partial charge on any atom is 0.255 e. The number of benzene rings is 1. The van der Waals surface area contributed by atoms with Crippen LogP contribution in [0.2, 0.25) is 0 Å². The van der Waals surface area contributed by atoms with Crippen LogP contribution in [0.1, 0.15) is 56.6 Å². The first-order valence-corrected chi connectivity index (χ1v) is 13.0. The predicted molar refractivity (Wildman–Crippen MR) is 147 cm³/mol. The zero-order chi connectivity index (χ0) is 27.7. The van der Waals surface area contributed by atoms with E-state index in [0.29, 0.717) is 52.8 Å². The fraction of sp³-hybridized carbons (Fsp3) is 0.323. The normalized spacial score (nSPS) is 18.4. The summed E-state index contributed by atoms with van der Waals surface area (Å²) in [5, 5.41) is 6.27. The first-order valence-electron chi connectivity index (χ1n) is 13.0. The van der Waals surface area contributed by atoms with E-state index in [-0.39, 0.29) is 23.7 Å². The number of ketones is 1. The van der Waals surface area contributed by atoms with Gasteiger partial charge < -0.3 is 24.5 Å². The Balaban J connectivity index is 1.46. The van der Waals surface area contributed by atoms with Gasteiger partial charge in [0.15, 0.2) is 5.78 Å². The lowest BCUT2D eigenvalue weighted by Gasteiger charge is -2.38. The Morgan fingerprint density at radius 2 is 1.82 bits per heavy atom. The standard InChI is InChI=1S/C31H33N3O5/c1-18-6-13-26(32-16-18)34-30(36)27-19(2)33-23-14-31(3,4)15-24(35)28(23)29(27)25-12-11-22(39-25)17-38-21-9-7-20(37-5)8-10-21/h6-13,16,29,33H,14-15,17H2,1-5H3,(H,32,34,36)/t29-/m0/s1. The Bertz CT molecular complexity index is 1460. The molecular formula is C31H33N3O5. The molecule has 2 aliphatic rings. The third-order valence-corrected chi connectivity index (χ3v) is 7.04. The van der Waals surface area contributed by atoms with Gasteiger partial charge in [-0.2, -0.15) is 0 Å². The number of aromatic nitrogens is 1. The smallest absolute Gasteiger partial charge is 0.255 e. The van der Waals surface area contributed by atoms with Gasteiger partial charge in [-0.15, -0.1) is 0 Å². The molecule has 202 valence electrons. The van der Waals surface area contributed by atoms with E-state index in [0.717, 1.165) is 17.0 Å². The monoisotopic (exact) mass is 527 g/mol. The summed E-state index contributed by atoms with van der Waals surface area (Å²) in [6, 6.07) is 14.6. The Morgan fingerprint density at radius 1 is 1.08 bits per heavy atom. The van der Waals surface area contributed by atoms with Crippen molar-refractivity contribution in [2.24, 2.45) is 5.41 Å². The van der Waals surface area contributed by atoms with Crippen LogP contribution < -0.4 is 20.1 Å². The number of aryl methyl sites for hydroxylation is 1. The van der Waals surface area contributed by atoms with Gasteiger partial charge in [0.25, 0.3) is 5.91 Å². The number of methoxy groups -OCH3 is 1. The van der Waals surface area contributed by atoms with Crippen LogP contribution in [0.25, 0.3) is 0 Å². The molecule has 1 amide bonds. The first kappa shape index (κ1) is 26.3. The van der Waals surface area contributed by atoms with Crippen LogP contribution in [0.15, 0.2) is 81.7 Å². The number of hydrogen-bond donors (Lipinski definition) is 2. The molecule has 3 aromatic rings. The van der Waals surface area contributed by atoms with Gasteiger partial charge in [0, 0.05) is 29.6 Å². The molecule has 2 aromatic heterocycles. The average Bonchev–Trinajstić information content (AvgIpc) is 3.36. The van der Waals surface area contributed by atoms with E-state index in [9.17, 15) is 9.59 Å². The molecule has 8 heteroatoms. The number of hydrogen-bond acceptors (Lipinski definition) is 7. The van der Waals surface area contributed by atoms with Gasteiger partial charge in [-0.3, -0.25) is 9.59 Å². The molecule has 39 heavy (non-hydrogen) atoms. The lowest BCUT2D eigenvalue weighted by molar-refractivity contribution is -0.118. The molecule has 0 radical (unpaired) electrons. The Hall–Kier alpha value is -4.33. The number of carbonyl (C=O) groups is 2. The number of amides is 1. The number of nitrogens with zero attached hydrogens (tertiary/aromatic N) is 1. The number of pyridine rings is 1. The second-order valence-corrected chi connectivity index (χ2v) is 10.9. The van der Waals surface area contributed by atoms with Crippen molar-refractivity contribution in [1.29, 1.82) is 0 Å². The van der Waals surface area contributed by atoms with Crippen molar-refractivity contribution in [3.05, 3.63) is 94.4 Å². The van der Waals surface area contributed by atoms with Crippen LogP contribution >= 0.6 is 0 Å². The van der Waals surface area contributed by atoms with E-state index in [1.807, 2.05) is 56.3 Å². The lowest BCUT2D eigenvalue weighted by Crippen LogP contribution is -2.39. The third-order valence-electron chi connectivity index (χ3n) is 7.04. The highest BCUT2D eigenvalue weighted by Gasteiger charge is 2.44. The number of furan rings is 1. The molecule has 0 bridgehead atoms. The quantitative estimate of drug-likeness (QED) is 0.399. The first-order chi connectivity index (χ1) is 18.6. The summed E-state index contributed by atoms with van der Waals surface area (Å²) in [4.78, 5) is 31.5. The number of nitrogens with one attached hydrogen (secondary N) is 2. The van der Waals surface area contributed by atoms with E-state index in [4.69, 9.17) is 13.9 Å². The molecule has 1 aliphatic heterocycles. The summed E-state index contributed by atoms with van der Waals surface area (Å²) >= 11 is 0. The van der Waals surface area contributed by atoms with Crippen molar-refractivity contribution in [3.8, 4) is 11.5 Å². The number of dihydropyridines is 1. The van der Waals surface area contributed by atoms with Crippen LogP contribution in [0.4, 0.5) is 5.82 Å². The minimum Gasteiger partial charge on any atom is -0.497 e. The third kappa shape index (κ3) is 5.60. The number of Topliss-reactive ketones (excluding diaryl/α,β-unsaturated/α-hetero) is 1. The fourth-order valence-corrected chi connectivity index (χ4v) is 5.20. The maximum atomic E-state index is 13.7. The van der Waals surface area contributed by atoms with E-state index >= 15 is 0 Å². The highest BCUT2D eigenvalue weighted by molar-refractivity contribution is 6.09. The molecule has 1 aromatic carbocycles. The van der Waals surface area contributed by atoms with Crippen LogP contribution in [-0.4, -0.2) is 23.8 Å². The van der Waals surface area contributed by atoms with Crippen LogP contribution in [0.3, 0.4) is 0 Å². The summed E-state index contributed by atoms with van der Waals surface area (Å²) in [6.07, 6.45) is 2.79. The number of anilines is 1. The molecule has 0 saturated heterocycles. The van der Waals surface area contributed by atoms with Gasteiger partial charge in [0.2, 0.25) is 0 Å². The number of allylic oxidation sites excluding steroid dienone is 3. The van der Waals surface area contributed by atoms with Gasteiger partial charge in [0.05, 0.1) is 18.6 Å². The van der Waals surface area contributed by atoms with Crippen molar-refractivity contribution in [2.75, 3.05) is 12.4 Å². The Kier molecular flexibility index (Phi) is 7.04. The Morgan fingerprint density at radius 3 is 2.51 bits per heavy atom. The summed E-state index contributed by atoms with van der Waals surface area (Å²) in [5.41, 5.74) is 3.35. The van der Waals surface area contributed by atoms with Crippen LogP contribution in [0.5, 0.6) is 11.5 Å². The zero-order valence-electron chi connectivity index (χ0n) is 22.9. The van der Waals surface area contributed by atoms with E-state index in [1.54, 1.807) is 19.4 Å². The average molecular weight is 528 g/mol. The van der Waals surface area contributed by atoms with E-state index in [2.05, 4.69) is 29.5 Å². The SMILES string of the molecule is COc1ccc(OCc2ccc([C@H]3C(C(=O)Nc4ccc(C)cn4)=C(C)NC4=C3C(=O)CC(C)(C)C4)o2)cc1. The molecular weight excluding hydrogens is 494 g/mol. The molecule has 0 saturated carbocycles. The summed E-state index contributed by atoms with van der Waals surface area (Å²) in [6.45, 7) is 8.15. The van der Waals surface area contributed by atoms with Gasteiger partial charge in [-0.1, -0.05) is 19.9 Å². The predicted octanol–water partition coefficient (Wildman–Crippen LogP) is 5.81. The second kappa shape index (κ2) is 10.4. The minimum absolute atomic E-state index is 0.0115. The highest BCUT2D eigenvalue weighted by Crippen LogP contribution is 2.47. The zero-order valence-corrected chi connectivity index (χ0v) is 22.9. The molecule has 0 unspecified atom stereocenters. The van der Waals surface area contributed by atoms with Crippen molar-refractivity contribution < 1.29 is 23.5 Å². The van der Waals surface area contributed by atoms with Gasteiger partial charge in [-0.05, 0) is 73.7 Å². The van der Waals surface area contributed by atoms with E-state index < -0.39 is 5.92 Å². The van der Waals surface area contributed by atoms with Gasteiger partial charge in [0.1, 0.15) is 35.4 Å². The van der Waals surface area contributed by atoms with Crippen molar-refractivity contribution in [3.63, 3.8) is 0 Å². The molecule has 2 N–H and O–H groups in total. The van der Waals surface area contributed by atoms with Crippen LogP contribution in [-0.2, 0) is 16.2 Å². The molecule has 1 atom stereocenters. The summed E-state index contributed by atoms with van der Waals surface area (Å²) < 4.78 is 17.3. The van der Waals surface area contributed by atoms with E-state index in [1.165, 1.54) is 0 Å². The molecule has 3 heterocycles. The second-order valence-electron chi connectivity index (χ2n) is 10.9. The molecule has 0 fully saturated rings. The Labute approximate surface area is 228 Å². The lowest BCUT2D eigenvalue weighted by atomic mass is 9.69. The van der Waals surface area contributed by atoms with Gasteiger partial charge >= 0.3 is 0 Å². The highest BCUT2D eigenvalue weighted by atomic mass is 16.5. The topological polar surface area (TPSA) is 103 Å².